The zero-order valence-electron chi connectivity index (χ0n) is 24.6. The molecule has 0 radical (unpaired) electrons. The van der Waals surface area contributed by atoms with Crippen LogP contribution in [-0.2, 0) is 31.6 Å². The lowest BCUT2D eigenvalue weighted by Crippen LogP contribution is -2.64. The summed E-state index contributed by atoms with van der Waals surface area (Å²) >= 11 is 0. The Labute approximate surface area is 255 Å². The van der Waals surface area contributed by atoms with Gasteiger partial charge in [-0.2, -0.15) is 19.4 Å². The molecule has 4 aromatic rings. The summed E-state index contributed by atoms with van der Waals surface area (Å²) in [5, 5.41) is 14.6. The molecule has 2 aliphatic rings. The van der Waals surface area contributed by atoms with Gasteiger partial charge in [-0.3, -0.25) is 9.48 Å². The Kier molecular flexibility index (Phi) is 7.81. The lowest BCUT2D eigenvalue weighted by atomic mass is 9.89. The molecule has 1 aromatic carbocycles. The second kappa shape index (κ2) is 11.6. The molecule has 2 unspecified atom stereocenters. The molecule has 1 saturated heterocycles. The topological polar surface area (TPSA) is 153 Å². The maximum atomic E-state index is 13.1. The van der Waals surface area contributed by atoms with Crippen LogP contribution >= 0.6 is 0 Å². The highest BCUT2D eigenvalue weighted by Gasteiger charge is 2.49. The second-order valence-electron chi connectivity index (χ2n) is 11.6. The summed E-state index contributed by atoms with van der Waals surface area (Å²) in [7, 11) is -3.37. The summed E-state index contributed by atoms with van der Waals surface area (Å²) in [6, 6.07) is 11.7. The average molecular weight is 616 g/mol. The summed E-state index contributed by atoms with van der Waals surface area (Å²) in [5.74, 6) is -0.565. The third-order valence-electron chi connectivity index (χ3n) is 8.83. The van der Waals surface area contributed by atoms with E-state index < -0.39 is 27.4 Å². The minimum Gasteiger partial charge on any atom is -0.334 e. The van der Waals surface area contributed by atoms with Crippen molar-refractivity contribution in [1.29, 1.82) is 5.26 Å². The first-order valence-corrected chi connectivity index (χ1v) is 16.3. The van der Waals surface area contributed by atoms with Crippen molar-refractivity contribution in [2.24, 2.45) is 5.92 Å². The molecule has 0 amide bonds. The van der Waals surface area contributed by atoms with Gasteiger partial charge in [0.15, 0.2) is 5.65 Å². The number of aromatic nitrogens is 5. The molecular formula is C31H33N7O5S. The zero-order chi connectivity index (χ0) is 31.1. The van der Waals surface area contributed by atoms with Crippen LogP contribution in [0.15, 0.2) is 55.2 Å². The molecule has 2 fully saturated rings. The molecule has 0 N–H and O–H groups in total. The smallest absolute Gasteiger partial charge is 0.334 e. The Morgan fingerprint density at radius 2 is 1.98 bits per heavy atom. The monoisotopic (exact) mass is 615 g/mol. The van der Waals surface area contributed by atoms with Gasteiger partial charge in [-0.15, -0.1) is 0 Å². The van der Waals surface area contributed by atoms with Crippen LogP contribution in [0.4, 0.5) is 0 Å². The number of carbonyl (C=O) groups is 2. The van der Waals surface area contributed by atoms with E-state index in [1.165, 1.54) is 15.4 Å². The van der Waals surface area contributed by atoms with E-state index in [0.717, 1.165) is 30.4 Å². The quantitative estimate of drug-likeness (QED) is 0.262. The van der Waals surface area contributed by atoms with Gasteiger partial charge in [0.2, 0.25) is 10.0 Å². The van der Waals surface area contributed by atoms with E-state index in [1.807, 2.05) is 24.3 Å². The van der Waals surface area contributed by atoms with E-state index in [1.54, 1.807) is 43.2 Å². The van der Waals surface area contributed by atoms with Crippen LogP contribution in [0.3, 0.4) is 0 Å². The molecule has 4 heterocycles. The fourth-order valence-electron chi connectivity index (χ4n) is 6.05. The highest BCUT2D eigenvalue weighted by molar-refractivity contribution is 7.89. The van der Waals surface area contributed by atoms with Gasteiger partial charge in [0.05, 0.1) is 36.1 Å². The van der Waals surface area contributed by atoms with Crippen LogP contribution in [0.5, 0.6) is 0 Å². The Morgan fingerprint density at radius 1 is 1.20 bits per heavy atom. The van der Waals surface area contributed by atoms with Crippen molar-refractivity contribution in [3.8, 4) is 17.3 Å². The van der Waals surface area contributed by atoms with Crippen LogP contribution in [0.2, 0.25) is 0 Å². The van der Waals surface area contributed by atoms with Gasteiger partial charge in [-0.1, -0.05) is 24.3 Å². The minimum absolute atomic E-state index is 0.00488. The van der Waals surface area contributed by atoms with Crippen molar-refractivity contribution in [1.82, 2.24) is 28.8 Å². The highest BCUT2D eigenvalue weighted by Crippen LogP contribution is 2.36. The van der Waals surface area contributed by atoms with E-state index in [4.69, 9.17) is 4.84 Å². The summed E-state index contributed by atoms with van der Waals surface area (Å²) < 4.78 is 29.0. The molecule has 228 valence electrons. The predicted octanol–water partition coefficient (Wildman–Crippen LogP) is 3.24. The Bertz CT molecular complexity index is 1870. The van der Waals surface area contributed by atoms with Crippen LogP contribution in [0.1, 0.15) is 56.6 Å². The van der Waals surface area contributed by atoms with Crippen LogP contribution in [0, 0.1) is 17.2 Å². The van der Waals surface area contributed by atoms with Gasteiger partial charge in [-0.05, 0) is 50.3 Å². The van der Waals surface area contributed by atoms with Gasteiger partial charge < -0.3 is 4.84 Å². The molecule has 1 saturated carbocycles. The van der Waals surface area contributed by atoms with Crippen molar-refractivity contribution in [3.63, 3.8) is 0 Å². The standard InChI is InChI=1S/C31H33N7O5S/c1-3-44(41,42)36-18-31(19-36,12-13-32)38-17-25(16-35-38)28-26-11-14-37(29(26)34-20-33-28)43-30(40)21(2)23-9-7-22(8-10-23)15-24-5-4-6-27(24)39/h7-11,14,16-17,20-21,24H,3-6,12,15,18-19H2,1-2H3. The van der Waals surface area contributed by atoms with Crippen molar-refractivity contribution in [3.05, 3.63) is 66.4 Å². The molecule has 3 aromatic heterocycles. The summed E-state index contributed by atoms with van der Waals surface area (Å²) in [6.07, 6.45) is 9.77. The van der Waals surface area contributed by atoms with Gasteiger partial charge in [0, 0.05) is 48.8 Å². The number of fused-ring (bicyclic) bond motifs is 1. The zero-order valence-corrected chi connectivity index (χ0v) is 25.4. The Hall–Kier alpha value is -4.41. The normalized spacial score (nSPS) is 19.0. The lowest BCUT2D eigenvalue weighted by molar-refractivity contribution is -0.145. The maximum absolute atomic E-state index is 13.1. The highest BCUT2D eigenvalue weighted by atomic mass is 32.2. The van der Waals surface area contributed by atoms with E-state index in [-0.39, 0.29) is 31.2 Å². The number of benzene rings is 1. The van der Waals surface area contributed by atoms with Gasteiger partial charge in [-0.25, -0.2) is 23.2 Å². The molecule has 12 nitrogen and oxygen atoms in total. The third-order valence-corrected chi connectivity index (χ3v) is 10.6. The fraction of sp³-hybridized carbons (Fsp3) is 0.419. The molecule has 1 aliphatic carbocycles. The molecule has 44 heavy (non-hydrogen) atoms. The SMILES string of the molecule is CCS(=O)(=O)N1CC(CC#N)(n2cc(-c3ncnc4c3ccn4OC(=O)C(C)c3ccc(CC4CCCC4=O)cc3)cn2)C1. The molecule has 13 heteroatoms. The van der Waals surface area contributed by atoms with Gasteiger partial charge in [0.1, 0.15) is 17.6 Å². The number of ketones is 1. The van der Waals surface area contributed by atoms with E-state index in [9.17, 15) is 23.3 Å². The minimum atomic E-state index is -3.37. The second-order valence-corrected chi connectivity index (χ2v) is 13.9. The van der Waals surface area contributed by atoms with Crippen LogP contribution in [-0.4, -0.2) is 67.8 Å². The maximum Gasteiger partial charge on any atom is 0.340 e. The van der Waals surface area contributed by atoms with Crippen LogP contribution < -0.4 is 4.84 Å². The fourth-order valence-corrected chi connectivity index (χ4v) is 7.29. The van der Waals surface area contributed by atoms with Crippen molar-refractivity contribution < 1.29 is 22.8 Å². The van der Waals surface area contributed by atoms with Crippen molar-refractivity contribution in [2.45, 2.75) is 57.4 Å². The van der Waals surface area contributed by atoms with E-state index in [2.05, 4.69) is 21.1 Å². The number of hydrogen-bond acceptors (Lipinski definition) is 9. The van der Waals surface area contributed by atoms with Crippen LogP contribution in [0.25, 0.3) is 22.3 Å². The number of Topliss-reactive ketones (excluding diaryl/α,β-unsaturated/α-hetero) is 1. The predicted molar refractivity (Wildman–Crippen MR) is 160 cm³/mol. The lowest BCUT2D eigenvalue weighted by Gasteiger charge is -2.47. The summed E-state index contributed by atoms with van der Waals surface area (Å²) in [6.45, 7) is 3.72. The first-order chi connectivity index (χ1) is 21.1. The molecule has 2 atom stereocenters. The molecule has 0 bridgehead atoms. The van der Waals surface area contributed by atoms with Crippen molar-refractivity contribution >= 4 is 32.8 Å². The van der Waals surface area contributed by atoms with E-state index >= 15 is 0 Å². The molecule has 1 aliphatic heterocycles. The number of rotatable bonds is 10. The number of sulfonamides is 1. The molecule has 0 spiro atoms. The first-order valence-electron chi connectivity index (χ1n) is 14.7. The number of hydrogen-bond donors (Lipinski definition) is 0. The number of nitriles is 1. The van der Waals surface area contributed by atoms with Gasteiger partial charge in [0.25, 0.3) is 0 Å². The number of nitrogens with zero attached hydrogens (tertiary/aromatic N) is 7. The van der Waals surface area contributed by atoms with E-state index in [0.29, 0.717) is 34.5 Å². The van der Waals surface area contributed by atoms with Crippen molar-refractivity contribution in [2.75, 3.05) is 18.8 Å². The summed E-state index contributed by atoms with van der Waals surface area (Å²) in [5.41, 5.74) is 2.75. The Balaban J connectivity index is 1.17. The Morgan fingerprint density at radius 3 is 2.66 bits per heavy atom. The summed E-state index contributed by atoms with van der Waals surface area (Å²) in [4.78, 5) is 39.7. The third kappa shape index (κ3) is 5.39. The first kappa shape index (κ1) is 29.7. The average Bonchev–Trinajstić information content (AvgIpc) is 3.75. The molecule has 6 rings (SSSR count). The molecular weight excluding hydrogens is 582 g/mol. The number of carbonyl (C=O) groups excluding carboxylic acids is 2. The van der Waals surface area contributed by atoms with Gasteiger partial charge >= 0.3 is 5.97 Å². The largest absolute Gasteiger partial charge is 0.340 e.